The minimum atomic E-state index is -3.84. The zero-order valence-corrected chi connectivity index (χ0v) is 13.0. The van der Waals surface area contributed by atoms with Crippen LogP contribution in [0.3, 0.4) is 0 Å². The molecule has 0 saturated heterocycles. The summed E-state index contributed by atoms with van der Waals surface area (Å²) in [6.45, 7) is 0.464. The van der Waals surface area contributed by atoms with Crippen molar-refractivity contribution >= 4 is 33.2 Å². The summed E-state index contributed by atoms with van der Waals surface area (Å²) < 4.78 is 22.6. The van der Waals surface area contributed by atoms with Gasteiger partial charge in [0.25, 0.3) is 0 Å². The number of hydrogen-bond donors (Lipinski definition) is 3. The van der Waals surface area contributed by atoms with Crippen molar-refractivity contribution in [3.05, 3.63) is 23.2 Å². The van der Waals surface area contributed by atoms with Gasteiger partial charge in [-0.2, -0.15) is 0 Å². The predicted octanol–water partition coefficient (Wildman–Crippen LogP) is 1.45. The van der Waals surface area contributed by atoms with Gasteiger partial charge in [-0.15, -0.1) is 0 Å². The third-order valence-electron chi connectivity index (χ3n) is 3.92. The number of hydrogen-bond acceptors (Lipinski definition) is 4. The number of sulfonamides is 1. The first kappa shape index (κ1) is 16.2. The Morgan fingerprint density at radius 1 is 1.38 bits per heavy atom. The summed E-state index contributed by atoms with van der Waals surface area (Å²) in [5, 5.41) is 7.95. The number of carbonyl (C=O) groups is 1. The molecule has 2 rings (SSSR count). The van der Waals surface area contributed by atoms with E-state index in [1.807, 2.05) is 0 Å². The fourth-order valence-corrected chi connectivity index (χ4v) is 3.15. The first-order chi connectivity index (χ1) is 9.76. The zero-order valence-electron chi connectivity index (χ0n) is 11.4. The van der Waals surface area contributed by atoms with Gasteiger partial charge in [-0.1, -0.05) is 18.0 Å². The third-order valence-corrected chi connectivity index (χ3v) is 5.16. The van der Waals surface area contributed by atoms with E-state index in [0.29, 0.717) is 13.0 Å². The Bertz CT molecular complexity index is 651. The molecule has 0 spiro atoms. The van der Waals surface area contributed by atoms with Crippen LogP contribution >= 0.6 is 11.6 Å². The number of halogens is 1. The highest BCUT2D eigenvalue weighted by atomic mass is 35.5. The maximum Gasteiger partial charge on any atom is 0.238 e. The number of primary sulfonamides is 1. The summed E-state index contributed by atoms with van der Waals surface area (Å²) in [5.74, 6) is -0.228. The largest absolute Gasteiger partial charge is 0.330 e. The van der Waals surface area contributed by atoms with Gasteiger partial charge in [0.15, 0.2) is 0 Å². The average Bonchev–Trinajstić information content (AvgIpc) is 2.35. The second-order valence-electron chi connectivity index (χ2n) is 5.47. The van der Waals surface area contributed by atoms with Crippen LogP contribution in [0.5, 0.6) is 0 Å². The standard InChI is InChI=1S/C13H18ClN3O3S/c14-10-3-2-9(21(16,19)20)6-11(10)17-12(18)7-13(8-15)4-1-5-13/h2-3,6H,1,4-5,7-8,15H2,(H,17,18)(H2,16,19,20). The summed E-state index contributed by atoms with van der Waals surface area (Å²) in [4.78, 5) is 12.0. The molecule has 1 aliphatic rings. The van der Waals surface area contributed by atoms with Gasteiger partial charge in [0.05, 0.1) is 15.6 Å². The van der Waals surface area contributed by atoms with Gasteiger partial charge in [-0.05, 0) is 43.0 Å². The summed E-state index contributed by atoms with van der Waals surface area (Å²) >= 11 is 5.97. The second kappa shape index (κ2) is 5.92. The maximum absolute atomic E-state index is 12.1. The van der Waals surface area contributed by atoms with Gasteiger partial charge in [-0.3, -0.25) is 4.79 Å². The molecular formula is C13H18ClN3O3S. The molecule has 0 aromatic heterocycles. The lowest BCUT2D eigenvalue weighted by molar-refractivity contribution is -0.119. The predicted molar refractivity (Wildman–Crippen MR) is 81.4 cm³/mol. The lowest BCUT2D eigenvalue weighted by Crippen LogP contribution is -2.40. The van der Waals surface area contributed by atoms with E-state index >= 15 is 0 Å². The van der Waals surface area contributed by atoms with Gasteiger partial charge in [0.1, 0.15) is 0 Å². The maximum atomic E-state index is 12.1. The van der Waals surface area contributed by atoms with Gasteiger partial charge >= 0.3 is 0 Å². The smallest absolute Gasteiger partial charge is 0.238 e. The quantitative estimate of drug-likeness (QED) is 0.757. The molecule has 5 N–H and O–H groups in total. The second-order valence-corrected chi connectivity index (χ2v) is 7.44. The van der Waals surface area contributed by atoms with Crippen LogP contribution in [0.25, 0.3) is 0 Å². The lowest BCUT2D eigenvalue weighted by atomic mass is 9.66. The van der Waals surface area contributed by atoms with E-state index in [4.69, 9.17) is 22.5 Å². The highest BCUT2D eigenvalue weighted by Gasteiger charge is 2.37. The van der Waals surface area contributed by atoms with E-state index in [0.717, 1.165) is 19.3 Å². The molecule has 1 aromatic carbocycles. The summed E-state index contributed by atoms with van der Waals surface area (Å²) in [7, 11) is -3.84. The average molecular weight is 332 g/mol. The van der Waals surface area contributed by atoms with Crippen LogP contribution in [0.2, 0.25) is 5.02 Å². The lowest BCUT2D eigenvalue weighted by Gasteiger charge is -2.40. The molecule has 6 nitrogen and oxygen atoms in total. The number of rotatable bonds is 5. The van der Waals surface area contributed by atoms with Crippen molar-refractivity contribution in [2.24, 2.45) is 16.3 Å². The Hall–Kier alpha value is -1.15. The van der Waals surface area contributed by atoms with Crippen molar-refractivity contribution in [1.82, 2.24) is 0 Å². The van der Waals surface area contributed by atoms with E-state index in [1.54, 1.807) is 0 Å². The molecule has 0 radical (unpaired) electrons. The van der Waals surface area contributed by atoms with Gasteiger partial charge in [0, 0.05) is 6.42 Å². The highest BCUT2D eigenvalue weighted by molar-refractivity contribution is 7.89. The number of benzene rings is 1. The van der Waals surface area contributed by atoms with E-state index in [9.17, 15) is 13.2 Å². The van der Waals surface area contributed by atoms with Crippen LogP contribution in [-0.2, 0) is 14.8 Å². The monoisotopic (exact) mass is 331 g/mol. The van der Waals surface area contributed by atoms with E-state index in [1.165, 1.54) is 18.2 Å². The Balaban J connectivity index is 2.13. The number of nitrogens with one attached hydrogen (secondary N) is 1. The molecule has 1 aromatic rings. The number of nitrogens with two attached hydrogens (primary N) is 2. The minimum Gasteiger partial charge on any atom is -0.330 e. The van der Waals surface area contributed by atoms with Crippen molar-refractivity contribution in [2.75, 3.05) is 11.9 Å². The normalized spacial score (nSPS) is 17.1. The number of carbonyl (C=O) groups excluding carboxylic acids is 1. The molecular weight excluding hydrogens is 314 g/mol. The SMILES string of the molecule is NCC1(CC(=O)Nc2cc(S(N)(=O)=O)ccc2Cl)CCC1. The highest BCUT2D eigenvalue weighted by Crippen LogP contribution is 2.43. The Morgan fingerprint density at radius 2 is 2.05 bits per heavy atom. The Labute approximate surface area is 128 Å². The van der Waals surface area contributed by atoms with Crippen LogP contribution in [0, 0.1) is 5.41 Å². The minimum absolute atomic E-state index is 0.0978. The molecule has 1 aliphatic carbocycles. The van der Waals surface area contributed by atoms with Crippen molar-refractivity contribution in [3.63, 3.8) is 0 Å². The number of amides is 1. The van der Waals surface area contributed by atoms with E-state index in [2.05, 4.69) is 5.32 Å². The molecule has 1 fully saturated rings. The van der Waals surface area contributed by atoms with Crippen LogP contribution < -0.4 is 16.2 Å². The molecule has 0 unspecified atom stereocenters. The van der Waals surface area contributed by atoms with Crippen LogP contribution in [0.1, 0.15) is 25.7 Å². The van der Waals surface area contributed by atoms with Crippen molar-refractivity contribution < 1.29 is 13.2 Å². The molecule has 1 amide bonds. The molecule has 0 atom stereocenters. The number of anilines is 1. The van der Waals surface area contributed by atoms with Crippen LogP contribution in [0.15, 0.2) is 23.1 Å². The van der Waals surface area contributed by atoms with E-state index in [-0.39, 0.29) is 26.9 Å². The molecule has 1 saturated carbocycles. The zero-order chi connectivity index (χ0) is 15.7. The summed E-state index contributed by atoms with van der Waals surface area (Å²) in [6.07, 6.45) is 3.25. The molecule has 0 bridgehead atoms. The van der Waals surface area contributed by atoms with E-state index < -0.39 is 10.0 Å². The molecule has 0 aliphatic heterocycles. The first-order valence-electron chi connectivity index (χ1n) is 6.58. The van der Waals surface area contributed by atoms with Crippen molar-refractivity contribution in [1.29, 1.82) is 0 Å². The third kappa shape index (κ3) is 3.74. The Kier molecular flexibility index (Phi) is 4.57. The topological polar surface area (TPSA) is 115 Å². The van der Waals surface area contributed by atoms with Crippen molar-refractivity contribution in [3.8, 4) is 0 Å². The van der Waals surface area contributed by atoms with Gasteiger partial charge in [0.2, 0.25) is 15.9 Å². The molecule has 116 valence electrons. The summed E-state index contributed by atoms with van der Waals surface area (Å²) in [5.41, 5.74) is 5.82. The first-order valence-corrected chi connectivity index (χ1v) is 8.50. The van der Waals surface area contributed by atoms with Crippen molar-refractivity contribution in [2.45, 2.75) is 30.6 Å². The van der Waals surface area contributed by atoms with Crippen LogP contribution in [-0.4, -0.2) is 20.9 Å². The van der Waals surface area contributed by atoms with Gasteiger partial charge < -0.3 is 11.1 Å². The molecule has 0 heterocycles. The Morgan fingerprint density at radius 3 is 2.52 bits per heavy atom. The molecule has 21 heavy (non-hydrogen) atoms. The fourth-order valence-electron chi connectivity index (χ4n) is 2.44. The molecule has 8 heteroatoms. The van der Waals surface area contributed by atoms with Crippen LogP contribution in [0.4, 0.5) is 5.69 Å². The summed E-state index contributed by atoms with van der Waals surface area (Å²) in [6, 6.07) is 3.94. The van der Waals surface area contributed by atoms with Gasteiger partial charge in [-0.25, -0.2) is 13.6 Å². The fraction of sp³-hybridized carbons (Fsp3) is 0.462.